The Bertz CT molecular complexity index is 1590. The van der Waals surface area contributed by atoms with Gasteiger partial charge in [-0.1, -0.05) is 18.2 Å². The monoisotopic (exact) mass is 605 g/mol. The molecule has 12 nitrogen and oxygen atoms in total. The molecule has 0 saturated carbocycles. The highest BCUT2D eigenvalue weighted by atomic mass is 32.2. The van der Waals surface area contributed by atoms with Crippen LogP contribution in [0.4, 0.5) is 11.4 Å². The average molecular weight is 606 g/mol. The number of hydrogen-bond acceptors (Lipinski definition) is 9. The van der Waals surface area contributed by atoms with Crippen LogP contribution in [-0.2, 0) is 29.6 Å². The molecule has 1 heterocycles. The molecule has 0 radical (unpaired) electrons. The molecule has 41 heavy (non-hydrogen) atoms. The van der Waals surface area contributed by atoms with E-state index in [4.69, 9.17) is 18.9 Å². The number of hydrogen-bond donors (Lipinski definition) is 1. The molecule has 0 bridgehead atoms. The molecule has 220 valence electrons. The first-order chi connectivity index (χ1) is 19.6. The lowest BCUT2D eigenvalue weighted by Gasteiger charge is -2.26. The Balaban J connectivity index is 1.68. The van der Waals surface area contributed by atoms with Crippen LogP contribution in [-0.4, -0.2) is 81.2 Å². The van der Waals surface area contributed by atoms with Crippen LogP contribution < -0.4 is 23.8 Å². The second kappa shape index (κ2) is 12.8. The lowest BCUT2D eigenvalue weighted by Crippen LogP contribution is -2.40. The summed E-state index contributed by atoms with van der Waals surface area (Å²) in [5.41, 5.74) is 0.216. The number of carbonyl (C=O) groups excluding carboxylic acids is 1. The fourth-order valence-electron chi connectivity index (χ4n) is 4.22. The summed E-state index contributed by atoms with van der Waals surface area (Å²) in [6.45, 7) is 0.319. The second-order valence-corrected chi connectivity index (χ2v) is 12.6. The van der Waals surface area contributed by atoms with Crippen LogP contribution in [0.5, 0.6) is 17.2 Å². The van der Waals surface area contributed by atoms with E-state index < -0.39 is 32.5 Å². The molecule has 0 unspecified atom stereocenters. The summed E-state index contributed by atoms with van der Waals surface area (Å²) in [7, 11) is -3.86. The van der Waals surface area contributed by atoms with E-state index in [2.05, 4.69) is 5.32 Å². The third kappa shape index (κ3) is 6.56. The van der Waals surface area contributed by atoms with E-state index in [9.17, 15) is 21.6 Å². The minimum Gasteiger partial charge on any atom is -0.495 e. The van der Waals surface area contributed by atoms with Crippen LogP contribution in [0.25, 0.3) is 0 Å². The fraction of sp³-hybridized carbons (Fsp3) is 0.296. The van der Waals surface area contributed by atoms with Crippen LogP contribution in [0.15, 0.2) is 76.5 Å². The van der Waals surface area contributed by atoms with E-state index in [0.717, 1.165) is 4.31 Å². The number of nitrogens with one attached hydrogen (secondary N) is 1. The SMILES string of the molecule is COc1ccc(S(=O)(=O)N2CCOCC2)cc1NC(=O)CN(c1ccc(OC)c(OC)c1)S(=O)(=O)c1ccccc1. The Labute approximate surface area is 239 Å². The largest absolute Gasteiger partial charge is 0.495 e. The van der Waals surface area contributed by atoms with Gasteiger partial charge in [-0.05, 0) is 42.5 Å². The van der Waals surface area contributed by atoms with Gasteiger partial charge >= 0.3 is 0 Å². The van der Waals surface area contributed by atoms with Gasteiger partial charge in [-0.25, -0.2) is 16.8 Å². The van der Waals surface area contributed by atoms with Gasteiger partial charge in [0.25, 0.3) is 10.0 Å². The van der Waals surface area contributed by atoms with Crippen molar-refractivity contribution < 1.29 is 40.6 Å². The highest BCUT2D eigenvalue weighted by molar-refractivity contribution is 7.92. The fourth-order valence-corrected chi connectivity index (χ4v) is 7.08. The molecule has 4 rings (SSSR count). The number of sulfonamides is 2. The van der Waals surface area contributed by atoms with Crippen LogP contribution in [0.2, 0.25) is 0 Å². The van der Waals surface area contributed by atoms with Crippen LogP contribution in [0.3, 0.4) is 0 Å². The Hall–Kier alpha value is -3.85. The van der Waals surface area contributed by atoms with Gasteiger partial charge in [0.05, 0.1) is 55.7 Å². The van der Waals surface area contributed by atoms with E-state index in [0.29, 0.717) is 5.75 Å². The van der Waals surface area contributed by atoms with E-state index in [1.54, 1.807) is 18.2 Å². The van der Waals surface area contributed by atoms with Crippen molar-refractivity contribution in [2.75, 3.05) is 63.8 Å². The topological polar surface area (TPSA) is 141 Å². The zero-order chi connectivity index (χ0) is 29.6. The quantitative estimate of drug-likeness (QED) is 0.349. The van der Waals surface area contributed by atoms with Crippen molar-refractivity contribution in [1.82, 2.24) is 4.31 Å². The lowest BCUT2D eigenvalue weighted by atomic mass is 10.2. The number of benzene rings is 3. The number of methoxy groups -OCH3 is 3. The zero-order valence-corrected chi connectivity index (χ0v) is 24.4. The third-order valence-corrected chi connectivity index (χ3v) is 10.0. The van der Waals surface area contributed by atoms with Crippen molar-refractivity contribution in [2.45, 2.75) is 9.79 Å². The van der Waals surface area contributed by atoms with Gasteiger partial charge in [-0.3, -0.25) is 9.10 Å². The molecular formula is C27H31N3O9S2. The maximum absolute atomic E-state index is 13.7. The van der Waals surface area contributed by atoms with Crippen LogP contribution in [0, 0.1) is 0 Å². The molecular weight excluding hydrogens is 574 g/mol. The van der Waals surface area contributed by atoms with Crippen molar-refractivity contribution in [3.05, 3.63) is 66.7 Å². The molecule has 1 fully saturated rings. The molecule has 0 aromatic heterocycles. The molecule has 1 aliphatic rings. The Morgan fingerprint density at radius 3 is 2.10 bits per heavy atom. The van der Waals surface area contributed by atoms with Crippen molar-refractivity contribution >= 4 is 37.3 Å². The number of amides is 1. The summed E-state index contributed by atoms with van der Waals surface area (Å²) in [5.74, 6) is 0.100. The van der Waals surface area contributed by atoms with Gasteiger partial charge in [-0.2, -0.15) is 4.31 Å². The lowest BCUT2D eigenvalue weighted by molar-refractivity contribution is -0.114. The molecule has 1 aliphatic heterocycles. The standard InChI is InChI=1S/C27H31N3O9S2/c1-36-24-12-10-22(40(32,33)29-13-15-39-16-14-29)18-23(24)28-27(31)19-30(41(34,35)21-7-5-4-6-8-21)20-9-11-25(37-2)26(17-20)38-3/h4-12,17-18H,13-16,19H2,1-3H3,(H,28,31). The predicted octanol–water partition coefficient (Wildman–Crippen LogP) is 2.57. The van der Waals surface area contributed by atoms with E-state index >= 15 is 0 Å². The molecule has 1 amide bonds. The van der Waals surface area contributed by atoms with Gasteiger partial charge in [-0.15, -0.1) is 0 Å². The summed E-state index contributed by atoms with van der Waals surface area (Å²) in [4.78, 5) is 13.3. The molecule has 14 heteroatoms. The maximum Gasteiger partial charge on any atom is 0.264 e. The molecule has 3 aromatic carbocycles. The number of ether oxygens (including phenoxy) is 4. The van der Waals surface area contributed by atoms with Gasteiger partial charge in [0.1, 0.15) is 12.3 Å². The first-order valence-corrected chi connectivity index (χ1v) is 15.4. The van der Waals surface area contributed by atoms with Crippen molar-refractivity contribution in [3.8, 4) is 17.2 Å². The Kier molecular flexibility index (Phi) is 9.38. The predicted molar refractivity (Wildman–Crippen MR) is 152 cm³/mol. The average Bonchev–Trinajstić information content (AvgIpc) is 3.00. The summed E-state index contributed by atoms with van der Waals surface area (Å²) < 4.78 is 77.2. The van der Waals surface area contributed by atoms with E-state index in [-0.39, 0.29) is 59.0 Å². The molecule has 1 N–H and O–H groups in total. The van der Waals surface area contributed by atoms with E-state index in [1.807, 2.05) is 0 Å². The minimum absolute atomic E-state index is 0.0289. The second-order valence-electron chi connectivity index (χ2n) is 8.79. The molecule has 3 aromatic rings. The van der Waals surface area contributed by atoms with E-state index in [1.165, 1.54) is 74.2 Å². The van der Waals surface area contributed by atoms with Gasteiger partial charge in [0.2, 0.25) is 15.9 Å². The first-order valence-electron chi connectivity index (χ1n) is 12.5. The van der Waals surface area contributed by atoms with Crippen molar-refractivity contribution in [3.63, 3.8) is 0 Å². The maximum atomic E-state index is 13.7. The number of anilines is 2. The van der Waals surface area contributed by atoms with Gasteiger partial charge in [0.15, 0.2) is 11.5 Å². The number of nitrogens with zero attached hydrogens (tertiary/aromatic N) is 2. The Morgan fingerprint density at radius 2 is 1.46 bits per heavy atom. The van der Waals surface area contributed by atoms with Crippen molar-refractivity contribution in [1.29, 1.82) is 0 Å². The molecule has 0 atom stereocenters. The highest BCUT2D eigenvalue weighted by Crippen LogP contribution is 2.34. The number of morpholine rings is 1. The van der Waals surface area contributed by atoms with Gasteiger partial charge < -0.3 is 24.3 Å². The van der Waals surface area contributed by atoms with Crippen molar-refractivity contribution in [2.24, 2.45) is 0 Å². The minimum atomic E-state index is -4.22. The van der Waals surface area contributed by atoms with Gasteiger partial charge in [0, 0.05) is 19.2 Å². The highest BCUT2D eigenvalue weighted by Gasteiger charge is 2.30. The summed E-state index contributed by atoms with van der Waals surface area (Å²) in [6.07, 6.45) is 0. The first kappa shape index (κ1) is 30.1. The van der Waals surface area contributed by atoms with Crippen LogP contribution >= 0.6 is 0 Å². The molecule has 1 saturated heterocycles. The zero-order valence-electron chi connectivity index (χ0n) is 22.8. The third-order valence-electron chi connectivity index (χ3n) is 6.33. The normalized spacial score (nSPS) is 14.2. The smallest absolute Gasteiger partial charge is 0.264 e. The summed E-state index contributed by atoms with van der Waals surface area (Å²) >= 11 is 0. The Morgan fingerprint density at radius 1 is 0.829 bits per heavy atom. The number of carbonyl (C=O) groups is 1. The number of rotatable bonds is 11. The summed E-state index contributed by atoms with van der Waals surface area (Å²) in [6, 6.07) is 16.2. The van der Waals surface area contributed by atoms with Crippen LogP contribution in [0.1, 0.15) is 0 Å². The molecule has 0 spiro atoms. The molecule has 0 aliphatic carbocycles. The summed E-state index contributed by atoms with van der Waals surface area (Å²) in [5, 5.41) is 2.62.